The number of fused-ring (bicyclic) bond motifs is 2. The second-order valence-electron chi connectivity index (χ2n) is 6.65. The second-order valence-corrected chi connectivity index (χ2v) is 7.65. The van der Waals surface area contributed by atoms with Gasteiger partial charge in [0.25, 0.3) is 5.91 Å². The van der Waals surface area contributed by atoms with Gasteiger partial charge in [-0.2, -0.15) is 0 Å². The van der Waals surface area contributed by atoms with Gasteiger partial charge in [0.15, 0.2) is 0 Å². The van der Waals surface area contributed by atoms with Crippen LogP contribution in [0.3, 0.4) is 0 Å². The summed E-state index contributed by atoms with van der Waals surface area (Å²) in [4.78, 5) is 51.3. The lowest BCUT2D eigenvalue weighted by atomic mass is 9.80. The highest BCUT2D eigenvalue weighted by Crippen LogP contribution is 2.41. The Bertz CT molecular complexity index is 938. The highest BCUT2D eigenvalue weighted by Gasteiger charge is 2.54. The zero-order valence-corrected chi connectivity index (χ0v) is 15.6. The maximum Gasteiger partial charge on any atom is 0.325 e. The van der Waals surface area contributed by atoms with Crippen molar-refractivity contribution in [1.82, 2.24) is 20.9 Å². The lowest BCUT2D eigenvalue weighted by Crippen LogP contribution is -2.48. The van der Waals surface area contributed by atoms with Crippen molar-refractivity contribution in [3.05, 3.63) is 46.0 Å². The Morgan fingerprint density at radius 2 is 2.18 bits per heavy atom. The molecule has 0 unspecified atom stereocenters. The van der Waals surface area contributed by atoms with Crippen LogP contribution in [0.4, 0.5) is 9.59 Å². The molecule has 28 heavy (non-hydrogen) atoms. The molecule has 0 saturated carbocycles. The number of rotatable bonds is 4. The first-order chi connectivity index (χ1) is 13.5. The molecule has 1 spiro atoms. The van der Waals surface area contributed by atoms with Gasteiger partial charge in [0.1, 0.15) is 17.8 Å². The highest BCUT2D eigenvalue weighted by atomic mass is 32.1. The SMILES string of the molecule is O=C(CN1C(=O)N[C@@]2(CCCc3sccc32)C1=O)NC(=O)NCc1ccco1. The molecule has 1 saturated heterocycles. The van der Waals surface area contributed by atoms with Crippen molar-refractivity contribution in [1.29, 1.82) is 0 Å². The number of furan rings is 1. The minimum atomic E-state index is -1.10. The van der Waals surface area contributed by atoms with Gasteiger partial charge in [0.2, 0.25) is 5.91 Å². The summed E-state index contributed by atoms with van der Waals surface area (Å²) in [6.07, 6.45) is 3.60. The molecule has 2 aliphatic rings. The number of hydrogen-bond acceptors (Lipinski definition) is 6. The van der Waals surface area contributed by atoms with E-state index in [-0.39, 0.29) is 6.54 Å². The van der Waals surface area contributed by atoms with Gasteiger partial charge in [-0.3, -0.25) is 19.8 Å². The molecule has 146 valence electrons. The topological polar surface area (TPSA) is 121 Å². The molecule has 3 N–H and O–H groups in total. The van der Waals surface area contributed by atoms with E-state index >= 15 is 0 Å². The summed E-state index contributed by atoms with van der Waals surface area (Å²) in [5.41, 5.74) is -0.298. The van der Waals surface area contributed by atoms with Crippen molar-refractivity contribution < 1.29 is 23.6 Å². The van der Waals surface area contributed by atoms with Gasteiger partial charge in [-0.25, -0.2) is 9.59 Å². The van der Waals surface area contributed by atoms with E-state index in [9.17, 15) is 19.2 Å². The van der Waals surface area contributed by atoms with E-state index in [4.69, 9.17) is 4.42 Å². The fourth-order valence-corrected chi connectivity index (χ4v) is 4.62. The normalized spacial score (nSPS) is 20.8. The summed E-state index contributed by atoms with van der Waals surface area (Å²) in [6, 6.07) is 3.84. The number of thiophene rings is 1. The first-order valence-corrected chi connectivity index (χ1v) is 9.68. The van der Waals surface area contributed by atoms with Crippen molar-refractivity contribution >= 4 is 35.2 Å². The molecule has 6 amide bonds. The Morgan fingerprint density at radius 3 is 2.96 bits per heavy atom. The van der Waals surface area contributed by atoms with Crippen LogP contribution in [0.15, 0.2) is 34.3 Å². The molecule has 1 fully saturated rings. The average molecular weight is 402 g/mol. The molecular weight excluding hydrogens is 384 g/mol. The number of hydrogen-bond donors (Lipinski definition) is 3. The number of amides is 6. The van der Waals surface area contributed by atoms with E-state index in [2.05, 4.69) is 16.0 Å². The molecule has 9 nitrogen and oxygen atoms in total. The van der Waals surface area contributed by atoms with Crippen LogP contribution in [-0.2, 0) is 28.1 Å². The fourth-order valence-electron chi connectivity index (χ4n) is 3.62. The van der Waals surface area contributed by atoms with Gasteiger partial charge >= 0.3 is 12.1 Å². The zero-order valence-electron chi connectivity index (χ0n) is 14.8. The van der Waals surface area contributed by atoms with Gasteiger partial charge in [0, 0.05) is 10.4 Å². The molecule has 0 bridgehead atoms. The van der Waals surface area contributed by atoms with Crippen LogP contribution in [0, 0.1) is 0 Å². The van der Waals surface area contributed by atoms with E-state index in [0.717, 1.165) is 28.2 Å². The monoisotopic (exact) mass is 402 g/mol. The molecule has 4 rings (SSSR count). The van der Waals surface area contributed by atoms with Crippen molar-refractivity contribution in [2.24, 2.45) is 0 Å². The molecule has 1 atom stereocenters. The van der Waals surface area contributed by atoms with Gasteiger partial charge in [-0.1, -0.05) is 0 Å². The van der Waals surface area contributed by atoms with Crippen molar-refractivity contribution in [2.75, 3.05) is 6.54 Å². The molecule has 0 radical (unpaired) electrons. The van der Waals surface area contributed by atoms with Gasteiger partial charge in [-0.05, 0) is 42.8 Å². The predicted molar refractivity (Wildman–Crippen MR) is 98.3 cm³/mol. The fraction of sp³-hybridized carbons (Fsp3) is 0.333. The lowest BCUT2D eigenvalue weighted by Gasteiger charge is -2.31. The number of imide groups is 2. The van der Waals surface area contributed by atoms with E-state index in [0.29, 0.717) is 12.2 Å². The Balaban J connectivity index is 1.39. The number of nitrogens with zero attached hydrogens (tertiary/aromatic N) is 1. The summed E-state index contributed by atoms with van der Waals surface area (Å²) in [6.45, 7) is -0.417. The second kappa shape index (κ2) is 7.12. The van der Waals surface area contributed by atoms with Crippen LogP contribution < -0.4 is 16.0 Å². The van der Waals surface area contributed by atoms with E-state index in [1.807, 2.05) is 11.4 Å². The maximum atomic E-state index is 13.0. The minimum absolute atomic E-state index is 0.110. The summed E-state index contributed by atoms with van der Waals surface area (Å²) in [5, 5.41) is 9.24. The maximum absolute atomic E-state index is 13.0. The third kappa shape index (κ3) is 3.15. The number of aryl methyl sites for hydroxylation is 1. The summed E-state index contributed by atoms with van der Waals surface area (Å²) in [7, 11) is 0. The van der Waals surface area contributed by atoms with Crippen LogP contribution in [0.2, 0.25) is 0 Å². The van der Waals surface area contributed by atoms with Gasteiger partial charge < -0.3 is 15.1 Å². The predicted octanol–water partition coefficient (Wildman–Crippen LogP) is 1.45. The first-order valence-electron chi connectivity index (χ1n) is 8.80. The summed E-state index contributed by atoms with van der Waals surface area (Å²) in [5.74, 6) is -0.677. The largest absolute Gasteiger partial charge is 0.467 e. The third-order valence-corrected chi connectivity index (χ3v) is 5.88. The number of urea groups is 2. The molecule has 2 aromatic rings. The van der Waals surface area contributed by atoms with Crippen LogP contribution in [0.25, 0.3) is 0 Å². The smallest absolute Gasteiger partial charge is 0.325 e. The first kappa shape index (κ1) is 18.2. The van der Waals surface area contributed by atoms with Crippen molar-refractivity contribution in [3.63, 3.8) is 0 Å². The zero-order chi connectivity index (χ0) is 19.7. The molecule has 1 aliphatic heterocycles. The van der Waals surface area contributed by atoms with Crippen molar-refractivity contribution in [2.45, 2.75) is 31.3 Å². The van der Waals surface area contributed by atoms with E-state index in [1.165, 1.54) is 6.26 Å². The summed E-state index contributed by atoms with van der Waals surface area (Å²) >= 11 is 1.56. The van der Waals surface area contributed by atoms with E-state index < -0.39 is 36.0 Å². The highest BCUT2D eigenvalue weighted by molar-refractivity contribution is 7.10. The van der Waals surface area contributed by atoms with Crippen LogP contribution >= 0.6 is 11.3 Å². The van der Waals surface area contributed by atoms with Crippen LogP contribution in [0.1, 0.15) is 29.0 Å². The molecule has 10 heteroatoms. The molecular formula is C18H18N4O5S. The third-order valence-electron chi connectivity index (χ3n) is 4.89. The quantitative estimate of drug-likeness (QED) is 0.669. The molecule has 3 heterocycles. The van der Waals surface area contributed by atoms with Crippen LogP contribution in [0.5, 0.6) is 0 Å². The van der Waals surface area contributed by atoms with Crippen LogP contribution in [-0.4, -0.2) is 35.3 Å². The number of carbonyl (C=O) groups excluding carboxylic acids is 4. The molecule has 0 aromatic carbocycles. The van der Waals surface area contributed by atoms with Crippen molar-refractivity contribution in [3.8, 4) is 0 Å². The lowest BCUT2D eigenvalue weighted by molar-refractivity contribution is -0.135. The average Bonchev–Trinajstić information content (AvgIpc) is 3.39. The Morgan fingerprint density at radius 1 is 1.32 bits per heavy atom. The van der Waals surface area contributed by atoms with E-state index in [1.54, 1.807) is 23.5 Å². The minimum Gasteiger partial charge on any atom is -0.467 e. The Hall–Kier alpha value is -3.14. The molecule has 1 aliphatic carbocycles. The number of nitrogens with one attached hydrogen (secondary N) is 3. The van der Waals surface area contributed by atoms with Gasteiger partial charge in [0.05, 0.1) is 12.8 Å². The summed E-state index contributed by atoms with van der Waals surface area (Å²) < 4.78 is 5.08. The molecule has 2 aromatic heterocycles. The number of carbonyl (C=O) groups is 4. The Kier molecular flexibility index (Phi) is 4.63. The van der Waals surface area contributed by atoms with Gasteiger partial charge in [-0.15, -0.1) is 11.3 Å². The standard InChI is InChI=1S/C18H18N4O5S/c23-14(20-16(25)19-9-11-3-2-7-27-11)10-22-15(24)18(21-17(22)26)6-1-4-13-12(18)5-8-28-13/h2-3,5,7-8H,1,4,6,9-10H2,(H,21,26)(H2,19,20,23,25)/t18-/m1/s1. The Labute approximate surface area is 164 Å².